The lowest BCUT2D eigenvalue weighted by atomic mass is 9.78. The second-order valence-electron chi connectivity index (χ2n) is 4.27. The molecule has 0 heterocycles. The number of hydrogen-bond donors (Lipinski definition) is 0. The monoisotopic (exact) mass is 296 g/mol. The zero-order valence-electron chi connectivity index (χ0n) is 11.9. The van der Waals surface area contributed by atoms with Crippen LogP contribution in [0, 0.1) is 0 Å². The van der Waals surface area contributed by atoms with Crippen LogP contribution < -0.4 is 0 Å². The molecular weight excluding hydrogens is 278 g/mol. The molecule has 1 aromatic carbocycles. The normalized spacial score (nSPS) is 12.9. The van der Waals surface area contributed by atoms with Gasteiger partial charge in [0, 0.05) is 20.6 Å². The summed E-state index contributed by atoms with van der Waals surface area (Å²) in [4.78, 5) is 11.2. The molecule has 0 aliphatic rings. The average Bonchev–Trinajstić information content (AvgIpc) is 2.47. The number of rotatable bonds is 7. The number of carbonyl (C=O) groups excluding carboxylic acids is 1. The molecule has 20 heavy (non-hydrogen) atoms. The summed E-state index contributed by atoms with van der Waals surface area (Å²) in [5, 5.41) is 0. The zero-order chi connectivity index (χ0) is 15.2. The molecule has 1 aromatic rings. The molecule has 0 saturated carbocycles. The molecule has 0 bridgehead atoms. The van der Waals surface area contributed by atoms with Crippen LogP contribution in [0.1, 0.15) is 23.4 Å². The van der Waals surface area contributed by atoms with Crippen molar-refractivity contribution in [2.75, 3.05) is 21.3 Å². The summed E-state index contributed by atoms with van der Waals surface area (Å²) >= 11 is 0. The van der Waals surface area contributed by atoms with Crippen molar-refractivity contribution in [2.24, 2.45) is 0 Å². The Bertz CT molecular complexity index is 497. The van der Waals surface area contributed by atoms with Crippen molar-refractivity contribution in [3.63, 3.8) is 0 Å². The minimum atomic E-state index is -3.12. The Morgan fingerprint density at radius 2 is 1.95 bits per heavy atom. The SMILES string of the molecule is [B][C@H](CC(=O)OC)c1cccc(CP(=O)(OC)OC)c1. The molecule has 1 rings (SSSR count). The highest BCUT2D eigenvalue weighted by molar-refractivity contribution is 7.52. The number of esters is 1. The Hall–Kier alpha value is -1.10. The Labute approximate surface area is 120 Å². The smallest absolute Gasteiger partial charge is 0.334 e. The molecule has 0 saturated heterocycles. The molecule has 2 radical (unpaired) electrons. The molecule has 0 spiro atoms. The maximum atomic E-state index is 12.1. The average molecular weight is 296 g/mol. The van der Waals surface area contributed by atoms with Crippen molar-refractivity contribution in [1.29, 1.82) is 0 Å². The molecule has 108 valence electrons. The van der Waals surface area contributed by atoms with Gasteiger partial charge < -0.3 is 13.8 Å². The maximum Gasteiger partial charge on any atom is 0.334 e. The van der Waals surface area contributed by atoms with Gasteiger partial charge in [-0.25, -0.2) is 0 Å². The van der Waals surface area contributed by atoms with E-state index in [4.69, 9.17) is 16.9 Å². The van der Waals surface area contributed by atoms with Crippen molar-refractivity contribution < 1.29 is 23.1 Å². The van der Waals surface area contributed by atoms with Gasteiger partial charge in [-0.2, -0.15) is 0 Å². The number of methoxy groups -OCH3 is 1. The quantitative estimate of drug-likeness (QED) is 0.439. The lowest BCUT2D eigenvalue weighted by molar-refractivity contribution is -0.140. The van der Waals surface area contributed by atoms with Crippen LogP contribution in [0.3, 0.4) is 0 Å². The largest absolute Gasteiger partial charge is 0.469 e. The Morgan fingerprint density at radius 1 is 1.30 bits per heavy atom. The first-order valence-corrected chi connectivity index (χ1v) is 7.78. The fourth-order valence-electron chi connectivity index (χ4n) is 1.73. The van der Waals surface area contributed by atoms with E-state index in [0.29, 0.717) is 0 Å². The second kappa shape index (κ2) is 7.62. The van der Waals surface area contributed by atoms with Gasteiger partial charge in [-0.3, -0.25) is 9.36 Å². The van der Waals surface area contributed by atoms with E-state index in [1.54, 1.807) is 18.2 Å². The minimum Gasteiger partial charge on any atom is -0.469 e. The van der Waals surface area contributed by atoms with Gasteiger partial charge in [-0.1, -0.05) is 29.8 Å². The van der Waals surface area contributed by atoms with Gasteiger partial charge in [0.25, 0.3) is 0 Å². The summed E-state index contributed by atoms with van der Waals surface area (Å²) in [5.74, 6) is -0.839. The number of ether oxygens (including phenoxy) is 1. The summed E-state index contributed by atoms with van der Waals surface area (Å²) in [5.41, 5.74) is 1.54. The van der Waals surface area contributed by atoms with E-state index in [1.807, 2.05) is 6.07 Å². The highest BCUT2D eigenvalue weighted by atomic mass is 31.2. The summed E-state index contributed by atoms with van der Waals surface area (Å²) in [6.07, 6.45) is 0.241. The third-order valence-corrected chi connectivity index (χ3v) is 4.79. The molecule has 1 atom stereocenters. The molecule has 0 N–H and O–H groups in total. The van der Waals surface area contributed by atoms with Crippen LogP contribution in [0.5, 0.6) is 0 Å². The summed E-state index contributed by atoms with van der Waals surface area (Å²) in [7, 11) is 6.82. The summed E-state index contributed by atoms with van der Waals surface area (Å²) < 4.78 is 26.5. The molecular formula is C13H18BO5P. The van der Waals surface area contributed by atoms with Crippen LogP contribution in [-0.2, 0) is 29.3 Å². The fourth-order valence-corrected chi connectivity index (χ4v) is 2.78. The molecule has 0 aliphatic carbocycles. The van der Waals surface area contributed by atoms with Gasteiger partial charge in [0.15, 0.2) is 0 Å². The van der Waals surface area contributed by atoms with Crippen molar-refractivity contribution in [1.82, 2.24) is 0 Å². The molecule has 7 heteroatoms. The standard InChI is InChI=1S/C13H18BO5P/c1-17-13(15)8-12(14)11-6-4-5-10(7-11)9-20(16,18-2)19-3/h4-7,12H,8-9H2,1-3H3/t12-/m1/s1. The van der Waals surface area contributed by atoms with Gasteiger partial charge in [0.1, 0.15) is 0 Å². The summed E-state index contributed by atoms with van der Waals surface area (Å²) in [6.45, 7) is 0. The van der Waals surface area contributed by atoms with Crippen molar-refractivity contribution in [3.8, 4) is 0 Å². The summed E-state index contributed by atoms with van der Waals surface area (Å²) in [6, 6.07) is 7.19. The highest BCUT2D eigenvalue weighted by Crippen LogP contribution is 2.49. The first kappa shape index (κ1) is 17.0. The van der Waals surface area contributed by atoms with Crippen LogP contribution in [0.4, 0.5) is 0 Å². The predicted molar refractivity (Wildman–Crippen MR) is 76.9 cm³/mol. The van der Waals surface area contributed by atoms with E-state index >= 15 is 0 Å². The van der Waals surface area contributed by atoms with E-state index in [1.165, 1.54) is 21.3 Å². The van der Waals surface area contributed by atoms with Gasteiger partial charge in [-0.05, 0) is 11.4 Å². The third kappa shape index (κ3) is 4.78. The lowest BCUT2D eigenvalue weighted by Crippen LogP contribution is -2.09. The van der Waals surface area contributed by atoms with Gasteiger partial charge in [-0.15, -0.1) is 0 Å². The molecule has 0 unspecified atom stereocenters. The zero-order valence-corrected chi connectivity index (χ0v) is 12.8. The van der Waals surface area contributed by atoms with Crippen LogP contribution >= 0.6 is 7.60 Å². The number of carbonyl (C=O) groups is 1. The first-order chi connectivity index (χ1) is 9.44. The third-order valence-electron chi connectivity index (χ3n) is 2.93. The molecule has 0 aromatic heterocycles. The van der Waals surface area contributed by atoms with E-state index in [-0.39, 0.29) is 18.6 Å². The number of benzene rings is 1. The van der Waals surface area contributed by atoms with Crippen LogP contribution in [-0.4, -0.2) is 35.1 Å². The molecule has 0 amide bonds. The van der Waals surface area contributed by atoms with E-state index < -0.39 is 13.4 Å². The van der Waals surface area contributed by atoms with Crippen molar-refractivity contribution in [2.45, 2.75) is 18.4 Å². The van der Waals surface area contributed by atoms with Crippen LogP contribution in [0.2, 0.25) is 0 Å². The van der Waals surface area contributed by atoms with Gasteiger partial charge >= 0.3 is 13.6 Å². The Balaban J connectivity index is 2.85. The van der Waals surface area contributed by atoms with Gasteiger partial charge in [0.05, 0.1) is 21.1 Å². The van der Waals surface area contributed by atoms with Crippen molar-refractivity contribution >= 4 is 21.4 Å². The fraction of sp³-hybridized carbons (Fsp3) is 0.462. The lowest BCUT2D eigenvalue weighted by Gasteiger charge is -2.16. The molecule has 0 fully saturated rings. The second-order valence-corrected chi connectivity index (χ2v) is 6.53. The van der Waals surface area contributed by atoms with E-state index in [2.05, 4.69) is 4.74 Å². The molecule has 5 nitrogen and oxygen atoms in total. The Morgan fingerprint density at radius 3 is 2.50 bits per heavy atom. The van der Waals surface area contributed by atoms with Crippen LogP contribution in [0.25, 0.3) is 0 Å². The van der Waals surface area contributed by atoms with E-state index in [9.17, 15) is 9.36 Å². The highest BCUT2D eigenvalue weighted by Gasteiger charge is 2.22. The molecule has 0 aliphatic heterocycles. The van der Waals surface area contributed by atoms with E-state index in [0.717, 1.165) is 11.1 Å². The minimum absolute atomic E-state index is 0.0895. The van der Waals surface area contributed by atoms with Gasteiger partial charge in [0.2, 0.25) is 0 Å². The topological polar surface area (TPSA) is 61.8 Å². The van der Waals surface area contributed by atoms with Crippen molar-refractivity contribution in [3.05, 3.63) is 35.4 Å². The maximum absolute atomic E-state index is 12.1. The predicted octanol–water partition coefficient (Wildman–Crippen LogP) is 2.45. The first-order valence-electron chi connectivity index (χ1n) is 6.06. The number of hydrogen-bond acceptors (Lipinski definition) is 5. The van der Waals surface area contributed by atoms with Crippen LogP contribution in [0.15, 0.2) is 24.3 Å². The Kier molecular flexibility index (Phi) is 6.47.